The fourth-order valence-corrected chi connectivity index (χ4v) is 2.52. The van der Waals surface area contributed by atoms with Crippen molar-refractivity contribution in [1.82, 2.24) is 9.55 Å². The van der Waals surface area contributed by atoms with Gasteiger partial charge in [0, 0.05) is 18.9 Å². The van der Waals surface area contributed by atoms with Crippen molar-refractivity contribution in [2.75, 3.05) is 11.9 Å². The third kappa shape index (κ3) is 3.63. The Labute approximate surface area is 143 Å². The van der Waals surface area contributed by atoms with Crippen LogP contribution in [0.5, 0.6) is 0 Å². The molecule has 2 aromatic carbocycles. The molecule has 4 nitrogen and oxygen atoms in total. The van der Waals surface area contributed by atoms with E-state index in [4.69, 9.17) is 11.6 Å². The molecule has 0 saturated carbocycles. The zero-order valence-electron chi connectivity index (χ0n) is 12.7. The van der Waals surface area contributed by atoms with Crippen LogP contribution in [0.1, 0.15) is 5.56 Å². The average Bonchev–Trinajstić information content (AvgIpc) is 2.60. The number of anilines is 1. The minimum atomic E-state index is -0.524. The van der Waals surface area contributed by atoms with Gasteiger partial charge in [-0.25, -0.2) is 9.37 Å². The van der Waals surface area contributed by atoms with Crippen LogP contribution in [0.25, 0.3) is 5.69 Å². The lowest BCUT2D eigenvalue weighted by Crippen LogP contribution is -2.24. The zero-order valence-corrected chi connectivity index (χ0v) is 13.5. The molecule has 3 rings (SSSR count). The molecule has 0 amide bonds. The summed E-state index contributed by atoms with van der Waals surface area (Å²) >= 11 is 5.79. The van der Waals surface area contributed by atoms with E-state index < -0.39 is 5.82 Å². The van der Waals surface area contributed by atoms with Gasteiger partial charge >= 0.3 is 0 Å². The van der Waals surface area contributed by atoms with Gasteiger partial charge in [-0.1, -0.05) is 41.9 Å². The van der Waals surface area contributed by atoms with E-state index in [1.807, 2.05) is 30.3 Å². The Morgan fingerprint density at radius 1 is 1.17 bits per heavy atom. The van der Waals surface area contributed by atoms with Gasteiger partial charge in [-0.05, 0) is 30.2 Å². The topological polar surface area (TPSA) is 46.9 Å². The van der Waals surface area contributed by atoms with Crippen molar-refractivity contribution in [3.8, 4) is 5.69 Å². The highest BCUT2D eigenvalue weighted by Gasteiger charge is 2.08. The molecule has 0 unspecified atom stereocenters. The number of hydrogen-bond donors (Lipinski definition) is 1. The monoisotopic (exact) mass is 343 g/mol. The highest BCUT2D eigenvalue weighted by Crippen LogP contribution is 2.18. The Kier molecular flexibility index (Phi) is 4.91. The fourth-order valence-electron chi connectivity index (χ4n) is 2.34. The summed E-state index contributed by atoms with van der Waals surface area (Å²) in [4.78, 5) is 16.6. The summed E-state index contributed by atoms with van der Waals surface area (Å²) in [5.41, 5.74) is 1.35. The Morgan fingerprint density at radius 3 is 2.71 bits per heavy atom. The number of benzene rings is 2. The fraction of sp³-hybridized carbons (Fsp3) is 0.111. The lowest BCUT2D eigenvalue weighted by molar-refractivity contribution is 0.627. The number of rotatable bonds is 5. The Bertz CT molecular complexity index is 896. The van der Waals surface area contributed by atoms with E-state index in [2.05, 4.69) is 10.3 Å². The predicted molar refractivity (Wildman–Crippen MR) is 93.4 cm³/mol. The van der Waals surface area contributed by atoms with Crippen molar-refractivity contribution >= 4 is 17.4 Å². The molecule has 0 aliphatic rings. The van der Waals surface area contributed by atoms with Crippen LogP contribution in [0, 0.1) is 5.82 Å². The summed E-state index contributed by atoms with van der Waals surface area (Å²) in [5.74, 6) is -0.280. The summed E-state index contributed by atoms with van der Waals surface area (Å²) in [6.07, 6.45) is 3.82. The molecule has 0 aliphatic heterocycles. The molecule has 1 aromatic heterocycles. The SMILES string of the molecule is O=c1c(NCCc2ccccc2)nccn1-c1ccc(F)c(Cl)c1. The molecule has 122 valence electrons. The molecular formula is C18H15ClFN3O. The third-order valence-electron chi connectivity index (χ3n) is 3.57. The highest BCUT2D eigenvalue weighted by atomic mass is 35.5. The van der Waals surface area contributed by atoms with E-state index in [0.29, 0.717) is 12.2 Å². The van der Waals surface area contributed by atoms with Gasteiger partial charge in [0.15, 0.2) is 5.82 Å². The van der Waals surface area contributed by atoms with E-state index in [9.17, 15) is 9.18 Å². The van der Waals surface area contributed by atoms with Crippen LogP contribution in [0.2, 0.25) is 5.02 Å². The van der Waals surface area contributed by atoms with Gasteiger partial charge < -0.3 is 5.32 Å². The molecule has 0 fully saturated rings. The van der Waals surface area contributed by atoms with Crippen molar-refractivity contribution in [2.24, 2.45) is 0 Å². The zero-order chi connectivity index (χ0) is 16.9. The van der Waals surface area contributed by atoms with Crippen molar-refractivity contribution in [3.05, 3.63) is 87.7 Å². The lowest BCUT2D eigenvalue weighted by atomic mass is 10.1. The quantitative estimate of drug-likeness (QED) is 0.768. The first-order chi connectivity index (χ1) is 11.6. The maximum absolute atomic E-state index is 13.3. The standard InChI is InChI=1S/C18H15ClFN3O/c19-15-12-14(6-7-16(15)20)23-11-10-22-17(18(23)24)21-9-8-13-4-2-1-3-5-13/h1-7,10-12H,8-9H2,(H,21,22). The van der Waals surface area contributed by atoms with Crippen LogP contribution in [-0.4, -0.2) is 16.1 Å². The van der Waals surface area contributed by atoms with Crippen LogP contribution in [0.4, 0.5) is 10.2 Å². The summed E-state index contributed by atoms with van der Waals surface area (Å²) in [6.45, 7) is 0.584. The summed E-state index contributed by atoms with van der Waals surface area (Å²) in [6, 6.07) is 14.1. The van der Waals surface area contributed by atoms with Crippen molar-refractivity contribution < 1.29 is 4.39 Å². The minimum absolute atomic E-state index is 0.0326. The second-order valence-electron chi connectivity index (χ2n) is 5.21. The van der Waals surface area contributed by atoms with E-state index in [1.54, 1.807) is 0 Å². The number of aromatic nitrogens is 2. The molecule has 6 heteroatoms. The van der Waals surface area contributed by atoms with Crippen molar-refractivity contribution in [2.45, 2.75) is 6.42 Å². The first kappa shape index (κ1) is 16.2. The number of nitrogens with one attached hydrogen (secondary N) is 1. The van der Waals surface area contributed by atoms with Crippen LogP contribution in [0.15, 0.2) is 65.7 Å². The molecule has 0 radical (unpaired) electrons. The van der Waals surface area contributed by atoms with Crippen LogP contribution >= 0.6 is 11.6 Å². The van der Waals surface area contributed by atoms with Gasteiger partial charge in [-0.2, -0.15) is 0 Å². The second-order valence-corrected chi connectivity index (χ2v) is 5.62. The maximum atomic E-state index is 13.3. The summed E-state index contributed by atoms with van der Waals surface area (Å²) < 4.78 is 14.7. The van der Waals surface area contributed by atoms with Gasteiger partial charge in [0.2, 0.25) is 0 Å². The van der Waals surface area contributed by atoms with Gasteiger partial charge in [-0.3, -0.25) is 9.36 Å². The Balaban J connectivity index is 1.78. The first-order valence-electron chi connectivity index (χ1n) is 7.46. The second kappa shape index (κ2) is 7.27. The van der Waals surface area contributed by atoms with Gasteiger partial charge in [-0.15, -0.1) is 0 Å². The summed E-state index contributed by atoms with van der Waals surface area (Å²) in [7, 11) is 0. The summed E-state index contributed by atoms with van der Waals surface area (Å²) in [5, 5.41) is 3.01. The number of halogens is 2. The molecule has 0 spiro atoms. The third-order valence-corrected chi connectivity index (χ3v) is 3.86. The number of nitrogens with zero attached hydrogens (tertiary/aromatic N) is 2. The van der Waals surface area contributed by atoms with E-state index >= 15 is 0 Å². The van der Waals surface area contributed by atoms with Gasteiger partial charge in [0.1, 0.15) is 5.82 Å². The Hall–Kier alpha value is -2.66. The van der Waals surface area contributed by atoms with E-state index in [1.165, 1.54) is 40.7 Å². The smallest absolute Gasteiger partial charge is 0.297 e. The first-order valence-corrected chi connectivity index (χ1v) is 7.84. The van der Waals surface area contributed by atoms with Crippen molar-refractivity contribution in [1.29, 1.82) is 0 Å². The number of hydrogen-bond acceptors (Lipinski definition) is 3. The molecule has 1 N–H and O–H groups in total. The molecule has 0 aliphatic carbocycles. The maximum Gasteiger partial charge on any atom is 0.297 e. The largest absolute Gasteiger partial charge is 0.365 e. The molecule has 0 bridgehead atoms. The minimum Gasteiger partial charge on any atom is -0.365 e. The molecule has 1 heterocycles. The van der Waals surface area contributed by atoms with Crippen LogP contribution in [-0.2, 0) is 6.42 Å². The predicted octanol–water partition coefficient (Wildman–Crippen LogP) is 3.68. The average molecular weight is 344 g/mol. The van der Waals surface area contributed by atoms with Crippen LogP contribution in [0.3, 0.4) is 0 Å². The molecule has 0 atom stereocenters. The molecule has 0 saturated heterocycles. The normalized spacial score (nSPS) is 10.6. The molecule has 3 aromatic rings. The van der Waals surface area contributed by atoms with E-state index in [0.717, 1.165) is 6.42 Å². The van der Waals surface area contributed by atoms with Crippen molar-refractivity contribution in [3.63, 3.8) is 0 Å². The molecular weight excluding hydrogens is 329 g/mol. The van der Waals surface area contributed by atoms with Gasteiger partial charge in [0.05, 0.1) is 10.7 Å². The Morgan fingerprint density at radius 2 is 1.96 bits per heavy atom. The molecule has 24 heavy (non-hydrogen) atoms. The lowest BCUT2D eigenvalue weighted by Gasteiger charge is -2.09. The van der Waals surface area contributed by atoms with E-state index in [-0.39, 0.29) is 16.4 Å². The van der Waals surface area contributed by atoms with Gasteiger partial charge in [0.25, 0.3) is 5.56 Å². The highest BCUT2D eigenvalue weighted by molar-refractivity contribution is 6.30. The van der Waals surface area contributed by atoms with Crippen LogP contribution < -0.4 is 10.9 Å².